The third-order valence-corrected chi connectivity index (χ3v) is 4.70. The number of aromatic hydroxyl groups is 1. The fourth-order valence-electron chi connectivity index (χ4n) is 3.06. The number of rotatable bonds is 2. The van der Waals surface area contributed by atoms with Crippen LogP contribution in [0.25, 0.3) is 10.8 Å². The zero-order chi connectivity index (χ0) is 16.0. The van der Waals surface area contributed by atoms with E-state index in [-0.39, 0.29) is 17.7 Å². The van der Waals surface area contributed by atoms with Gasteiger partial charge in [-0.25, -0.2) is 0 Å². The maximum atomic E-state index is 12.3. The Hall–Kier alpha value is -2.52. The first-order chi connectivity index (χ1) is 11.1. The molecule has 1 aliphatic rings. The first-order valence-corrected chi connectivity index (χ1v) is 7.84. The van der Waals surface area contributed by atoms with Gasteiger partial charge in [-0.15, -0.1) is 11.6 Å². The van der Waals surface area contributed by atoms with Crippen LogP contribution < -0.4 is 4.90 Å². The normalized spacial score (nSPS) is 20.6. The zero-order valence-corrected chi connectivity index (χ0v) is 12.9. The van der Waals surface area contributed by atoms with Crippen LogP contribution in [0.2, 0.25) is 0 Å². The predicted molar refractivity (Wildman–Crippen MR) is 91.9 cm³/mol. The number of hydrogen-bond acceptors (Lipinski definition) is 2. The number of β-lactam (4-membered cyclic amide) rings is 1. The highest BCUT2D eigenvalue weighted by Gasteiger charge is 2.47. The van der Waals surface area contributed by atoms with Crippen molar-refractivity contribution in [3.63, 3.8) is 0 Å². The quantitative estimate of drug-likeness (QED) is 0.566. The molecule has 114 valence electrons. The summed E-state index contributed by atoms with van der Waals surface area (Å²) in [7, 11) is 0. The lowest BCUT2D eigenvalue weighted by molar-refractivity contribution is -0.123. The van der Waals surface area contributed by atoms with Gasteiger partial charge in [0, 0.05) is 5.69 Å². The van der Waals surface area contributed by atoms with E-state index in [0.29, 0.717) is 0 Å². The molecule has 23 heavy (non-hydrogen) atoms. The minimum atomic E-state index is -0.578. The van der Waals surface area contributed by atoms with Gasteiger partial charge in [-0.05, 0) is 40.6 Å². The van der Waals surface area contributed by atoms with Gasteiger partial charge in [0.15, 0.2) is 0 Å². The standard InChI is InChI=1S/C19H14ClNO2/c20-17-18(13-6-9-16(22)10-7-13)21(19(17)23)15-8-5-12-3-1-2-4-14(12)11-15/h1-11,17-18,22H. The van der Waals surface area contributed by atoms with Crippen LogP contribution in [0, 0.1) is 0 Å². The van der Waals surface area contributed by atoms with Gasteiger partial charge in [-0.3, -0.25) is 4.79 Å². The molecule has 1 N–H and O–H groups in total. The highest BCUT2D eigenvalue weighted by atomic mass is 35.5. The van der Waals surface area contributed by atoms with E-state index < -0.39 is 5.38 Å². The average molecular weight is 324 g/mol. The van der Waals surface area contributed by atoms with E-state index in [2.05, 4.69) is 0 Å². The van der Waals surface area contributed by atoms with Crippen molar-refractivity contribution < 1.29 is 9.90 Å². The average Bonchev–Trinajstić information content (AvgIpc) is 2.59. The molecule has 3 nitrogen and oxygen atoms in total. The lowest BCUT2D eigenvalue weighted by Gasteiger charge is -2.44. The van der Waals surface area contributed by atoms with Gasteiger partial charge in [0.25, 0.3) is 0 Å². The summed E-state index contributed by atoms with van der Waals surface area (Å²) in [5.74, 6) is 0.0998. The summed E-state index contributed by atoms with van der Waals surface area (Å²) >= 11 is 6.25. The second-order valence-corrected chi connectivity index (χ2v) is 6.15. The highest BCUT2D eigenvalue weighted by molar-refractivity contribution is 6.37. The smallest absolute Gasteiger partial charge is 0.248 e. The number of phenolic OH excluding ortho intramolecular Hbond substituents is 1. The SMILES string of the molecule is O=C1C(Cl)C(c2ccc(O)cc2)N1c1ccc2ccccc2c1. The number of amides is 1. The summed E-state index contributed by atoms with van der Waals surface area (Å²) in [5, 5.41) is 11.1. The number of carbonyl (C=O) groups excluding carboxylic acids is 1. The van der Waals surface area contributed by atoms with Crippen molar-refractivity contribution in [2.45, 2.75) is 11.4 Å². The first kappa shape index (κ1) is 14.1. The maximum Gasteiger partial charge on any atom is 0.248 e. The number of alkyl halides is 1. The summed E-state index contributed by atoms with van der Waals surface area (Å²) in [4.78, 5) is 14.0. The molecule has 0 bridgehead atoms. The molecule has 1 amide bonds. The molecule has 1 aliphatic heterocycles. The maximum absolute atomic E-state index is 12.3. The van der Waals surface area contributed by atoms with E-state index in [0.717, 1.165) is 22.0 Å². The molecule has 0 aromatic heterocycles. The number of phenols is 1. The molecule has 2 atom stereocenters. The fraction of sp³-hybridized carbons (Fsp3) is 0.105. The Bertz CT molecular complexity index is 891. The number of hydrogen-bond donors (Lipinski definition) is 1. The molecule has 3 aromatic rings. The van der Waals surface area contributed by atoms with Crippen LogP contribution in [0.3, 0.4) is 0 Å². The largest absolute Gasteiger partial charge is 0.508 e. The van der Waals surface area contributed by atoms with Crippen LogP contribution in [0.15, 0.2) is 66.7 Å². The molecule has 3 aromatic carbocycles. The molecule has 4 rings (SSSR count). The van der Waals surface area contributed by atoms with Crippen LogP contribution in [0.4, 0.5) is 5.69 Å². The van der Waals surface area contributed by atoms with E-state index in [9.17, 15) is 9.90 Å². The van der Waals surface area contributed by atoms with Crippen molar-refractivity contribution in [3.8, 4) is 5.75 Å². The number of carbonyl (C=O) groups is 1. The number of benzene rings is 3. The molecular weight excluding hydrogens is 310 g/mol. The second-order valence-electron chi connectivity index (χ2n) is 5.68. The van der Waals surface area contributed by atoms with Crippen molar-refractivity contribution >= 4 is 34.0 Å². The van der Waals surface area contributed by atoms with Crippen molar-refractivity contribution in [2.24, 2.45) is 0 Å². The van der Waals surface area contributed by atoms with Crippen molar-refractivity contribution in [1.29, 1.82) is 0 Å². The van der Waals surface area contributed by atoms with E-state index >= 15 is 0 Å². The first-order valence-electron chi connectivity index (χ1n) is 7.40. The van der Waals surface area contributed by atoms with Crippen LogP contribution in [0.1, 0.15) is 11.6 Å². The fourth-order valence-corrected chi connectivity index (χ4v) is 3.42. The summed E-state index contributed by atoms with van der Waals surface area (Å²) in [6.45, 7) is 0. The highest BCUT2D eigenvalue weighted by Crippen LogP contribution is 2.43. The third kappa shape index (κ3) is 2.25. The van der Waals surface area contributed by atoms with E-state index in [1.165, 1.54) is 0 Å². The van der Waals surface area contributed by atoms with E-state index in [4.69, 9.17) is 11.6 Å². The van der Waals surface area contributed by atoms with Gasteiger partial charge in [0.2, 0.25) is 5.91 Å². The lowest BCUT2D eigenvalue weighted by Crippen LogP contribution is -2.56. The number of fused-ring (bicyclic) bond motifs is 1. The lowest BCUT2D eigenvalue weighted by atomic mass is 9.92. The van der Waals surface area contributed by atoms with Crippen LogP contribution in [-0.2, 0) is 4.79 Å². The molecule has 1 heterocycles. The molecule has 1 saturated heterocycles. The topological polar surface area (TPSA) is 40.5 Å². The molecule has 1 fully saturated rings. The minimum Gasteiger partial charge on any atom is -0.508 e. The number of nitrogens with zero attached hydrogens (tertiary/aromatic N) is 1. The Labute approximate surface area is 138 Å². The number of anilines is 1. The summed E-state index contributed by atoms with van der Waals surface area (Å²) in [6, 6.07) is 20.6. The molecule has 0 saturated carbocycles. The summed E-state index contributed by atoms with van der Waals surface area (Å²) < 4.78 is 0. The van der Waals surface area contributed by atoms with Gasteiger partial charge >= 0.3 is 0 Å². The Kier molecular flexibility index (Phi) is 3.24. The van der Waals surface area contributed by atoms with Gasteiger partial charge in [0.1, 0.15) is 11.1 Å². The Morgan fingerprint density at radius 3 is 2.35 bits per heavy atom. The Morgan fingerprint density at radius 2 is 1.61 bits per heavy atom. The van der Waals surface area contributed by atoms with Gasteiger partial charge in [-0.2, -0.15) is 0 Å². The van der Waals surface area contributed by atoms with Gasteiger partial charge < -0.3 is 10.0 Å². The second kappa shape index (κ2) is 5.28. The molecule has 4 heteroatoms. The Balaban J connectivity index is 1.75. The Morgan fingerprint density at radius 1 is 0.913 bits per heavy atom. The summed E-state index contributed by atoms with van der Waals surface area (Å²) in [5.41, 5.74) is 1.75. The monoisotopic (exact) mass is 323 g/mol. The van der Waals surface area contributed by atoms with E-state index in [1.54, 1.807) is 29.2 Å². The minimum absolute atomic E-state index is 0.0972. The van der Waals surface area contributed by atoms with Crippen LogP contribution >= 0.6 is 11.6 Å². The predicted octanol–water partition coefficient (Wildman–Crippen LogP) is 4.24. The van der Waals surface area contributed by atoms with Crippen LogP contribution in [0.5, 0.6) is 5.75 Å². The van der Waals surface area contributed by atoms with E-state index in [1.807, 2.05) is 42.5 Å². The van der Waals surface area contributed by atoms with Gasteiger partial charge in [0.05, 0.1) is 6.04 Å². The van der Waals surface area contributed by atoms with Crippen molar-refractivity contribution in [2.75, 3.05) is 4.90 Å². The van der Waals surface area contributed by atoms with Crippen LogP contribution in [-0.4, -0.2) is 16.4 Å². The molecule has 0 radical (unpaired) electrons. The van der Waals surface area contributed by atoms with Gasteiger partial charge in [-0.1, -0.05) is 42.5 Å². The molecular formula is C19H14ClNO2. The molecule has 2 unspecified atom stereocenters. The van der Waals surface area contributed by atoms with Crippen molar-refractivity contribution in [3.05, 3.63) is 72.3 Å². The molecule has 0 aliphatic carbocycles. The summed E-state index contributed by atoms with van der Waals surface area (Å²) in [6.07, 6.45) is 0. The zero-order valence-electron chi connectivity index (χ0n) is 12.2. The number of halogens is 1. The molecule has 0 spiro atoms. The third-order valence-electron chi connectivity index (χ3n) is 4.27. The van der Waals surface area contributed by atoms with Crippen molar-refractivity contribution in [1.82, 2.24) is 0 Å².